The van der Waals surface area contributed by atoms with E-state index in [2.05, 4.69) is 93.2 Å². The van der Waals surface area contributed by atoms with Gasteiger partial charge in [0.15, 0.2) is 12.2 Å². The number of rotatable bonds is 3. The maximum atomic E-state index is 4.56. The first-order valence-electron chi connectivity index (χ1n) is 10.8. The van der Waals surface area contributed by atoms with Crippen molar-refractivity contribution in [1.29, 1.82) is 0 Å². The van der Waals surface area contributed by atoms with E-state index < -0.39 is 0 Å². The van der Waals surface area contributed by atoms with Crippen LogP contribution in [0.3, 0.4) is 0 Å². The molecule has 0 spiro atoms. The zero-order valence-electron chi connectivity index (χ0n) is 19.3. The topological polar surface area (TPSA) is 40.6 Å². The summed E-state index contributed by atoms with van der Waals surface area (Å²) in [4.78, 5) is 4.47. The second-order valence-electron chi connectivity index (χ2n) is 10.3. The van der Waals surface area contributed by atoms with Crippen molar-refractivity contribution in [3.05, 3.63) is 83.6 Å². The lowest BCUT2D eigenvalue weighted by molar-refractivity contribution is -0.492. The quantitative estimate of drug-likeness (QED) is 0.434. The summed E-state index contributed by atoms with van der Waals surface area (Å²) in [5.74, 6) is 0. The molecule has 0 fully saturated rings. The third-order valence-electron chi connectivity index (χ3n) is 5.68. The Labute approximate surface area is 185 Å². The number of benzene rings is 2. The average molecular weight is 412 g/mol. The first kappa shape index (κ1) is 21.1. The molecule has 1 aliphatic rings. The van der Waals surface area contributed by atoms with Gasteiger partial charge in [-0.15, -0.1) is 4.70 Å². The molecule has 0 atom stereocenters. The molecule has 0 amide bonds. The van der Waals surface area contributed by atoms with E-state index >= 15 is 0 Å². The van der Waals surface area contributed by atoms with E-state index in [0.717, 1.165) is 28.2 Å². The Hall–Kier alpha value is -3.14. The van der Waals surface area contributed by atoms with Crippen LogP contribution in [-0.2, 0) is 10.8 Å². The van der Waals surface area contributed by atoms with Crippen LogP contribution >= 0.6 is 0 Å². The molecular formula is C27H31N4+. The molecule has 4 rings (SSSR count). The molecule has 2 heterocycles. The van der Waals surface area contributed by atoms with Gasteiger partial charge in [-0.1, -0.05) is 65.8 Å². The second-order valence-corrected chi connectivity index (χ2v) is 10.3. The van der Waals surface area contributed by atoms with Gasteiger partial charge in [0.2, 0.25) is 5.71 Å². The lowest BCUT2D eigenvalue weighted by atomic mass is 9.79. The van der Waals surface area contributed by atoms with Crippen LogP contribution in [0.15, 0.2) is 77.2 Å². The smallest absolute Gasteiger partial charge is 0.231 e. The summed E-state index contributed by atoms with van der Waals surface area (Å²) in [6, 6.07) is 21.2. The van der Waals surface area contributed by atoms with E-state index in [1.54, 1.807) is 0 Å². The first-order valence-corrected chi connectivity index (χ1v) is 10.8. The molecule has 1 aliphatic heterocycles. The van der Waals surface area contributed by atoms with E-state index in [-0.39, 0.29) is 10.8 Å². The molecule has 1 aromatic heterocycles. The van der Waals surface area contributed by atoms with Gasteiger partial charge in [0.05, 0.1) is 10.8 Å². The average Bonchev–Trinajstić information content (AvgIpc) is 3.23. The summed E-state index contributed by atoms with van der Waals surface area (Å²) in [7, 11) is 0. The summed E-state index contributed by atoms with van der Waals surface area (Å²) in [5, 5.41) is 9.05. The Kier molecular flexibility index (Phi) is 5.34. The molecule has 3 aromatic rings. The van der Waals surface area contributed by atoms with Gasteiger partial charge in [-0.05, 0) is 58.4 Å². The zero-order chi connectivity index (χ0) is 22.2. The van der Waals surface area contributed by atoms with Gasteiger partial charge in [-0.3, -0.25) is 4.98 Å². The highest BCUT2D eigenvalue weighted by Gasteiger charge is 2.28. The zero-order valence-corrected chi connectivity index (χ0v) is 19.3. The molecule has 31 heavy (non-hydrogen) atoms. The molecule has 4 nitrogen and oxygen atoms in total. The van der Waals surface area contributed by atoms with E-state index in [1.807, 2.05) is 35.2 Å². The molecule has 158 valence electrons. The van der Waals surface area contributed by atoms with Crippen molar-refractivity contribution < 1.29 is 4.70 Å². The Morgan fingerprint density at radius 3 is 2.06 bits per heavy atom. The number of aromatic nitrogens is 1. The van der Waals surface area contributed by atoms with Gasteiger partial charge in [0.1, 0.15) is 5.22 Å². The van der Waals surface area contributed by atoms with Crippen LogP contribution < -0.4 is 0 Å². The fourth-order valence-electron chi connectivity index (χ4n) is 3.62. The molecule has 2 aromatic carbocycles. The normalized spacial score (nSPS) is 14.4. The standard InChI is InChI=1S/C27H31N4/c1-26(2,3)21-14-20(15-22(17-21)27(4,5)6)25-18-31(30-29-25)23-11-9-10-19(16-23)24-12-7-8-13-28-24/h7-17H,18H2,1-6H3/q+1. The Morgan fingerprint density at radius 1 is 0.742 bits per heavy atom. The third-order valence-corrected chi connectivity index (χ3v) is 5.68. The fraction of sp³-hybridized carbons (Fsp3) is 0.333. The molecule has 0 saturated heterocycles. The van der Waals surface area contributed by atoms with Crippen LogP contribution in [-0.4, -0.2) is 21.9 Å². The van der Waals surface area contributed by atoms with Gasteiger partial charge in [0, 0.05) is 17.3 Å². The monoisotopic (exact) mass is 411 g/mol. The summed E-state index contributed by atoms with van der Waals surface area (Å²) in [5.41, 5.74) is 8.01. The van der Waals surface area contributed by atoms with E-state index in [0.29, 0.717) is 6.54 Å². The van der Waals surface area contributed by atoms with Crippen molar-refractivity contribution in [2.45, 2.75) is 52.4 Å². The minimum absolute atomic E-state index is 0.0724. The van der Waals surface area contributed by atoms with Crippen molar-refractivity contribution in [2.24, 2.45) is 10.3 Å². The first-order chi connectivity index (χ1) is 14.6. The molecule has 0 radical (unpaired) electrons. The van der Waals surface area contributed by atoms with Gasteiger partial charge >= 0.3 is 0 Å². The van der Waals surface area contributed by atoms with Crippen molar-refractivity contribution in [3.63, 3.8) is 0 Å². The van der Waals surface area contributed by atoms with Crippen molar-refractivity contribution in [3.8, 4) is 11.3 Å². The molecule has 0 bridgehead atoms. The van der Waals surface area contributed by atoms with Crippen molar-refractivity contribution >= 4 is 11.4 Å². The summed E-state index contributed by atoms with van der Waals surface area (Å²) in [6.07, 6.45) is 1.82. The van der Waals surface area contributed by atoms with Gasteiger partial charge in [0.25, 0.3) is 0 Å². The Morgan fingerprint density at radius 2 is 1.45 bits per heavy atom. The summed E-state index contributed by atoms with van der Waals surface area (Å²) >= 11 is 0. The van der Waals surface area contributed by atoms with Crippen LogP contribution in [0.1, 0.15) is 58.2 Å². The number of hydrogen-bond acceptors (Lipinski definition) is 3. The predicted octanol–water partition coefficient (Wildman–Crippen LogP) is 6.86. The molecular weight excluding hydrogens is 380 g/mol. The van der Waals surface area contributed by atoms with Crippen LogP contribution in [0.4, 0.5) is 5.69 Å². The molecule has 0 N–H and O–H groups in total. The van der Waals surface area contributed by atoms with Crippen molar-refractivity contribution in [1.82, 2.24) is 4.98 Å². The Bertz CT molecular complexity index is 1130. The predicted molar refractivity (Wildman–Crippen MR) is 127 cm³/mol. The SMILES string of the molecule is CC(C)(C)c1cc(C2=NN=[N+](c3cccc(-c4ccccn4)c3)C2)cc(C(C)(C)C)c1. The van der Waals surface area contributed by atoms with Crippen molar-refractivity contribution in [2.75, 3.05) is 6.54 Å². The maximum Gasteiger partial charge on any atom is 0.231 e. The van der Waals surface area contributed by atoms with Crippen LogP contribution in [0.5, 0.6) is 0 Å². The van der Waals surface area contributed by atoms with Gasteiger partial charge < -0.3 is 0 Å². The number of nitrogens with zero attached hydrogens (tertiary/aromatic N) is 4. The van der Waals surface area contributed by atoms with E-state index in [9.17, 15) is 0 Å². The number of hydrogen-bond donors (Lipinski definition) is 0. The number of pyridine rings is 1. The molecule has 0 unspecified atom stereocenters. The molecule has 0 saturated carbocycles. The van der Waals surface area contributed by atoms with Crippen LogP contribution in [0.2, 0.25) is 0 Å². The highest BCUT2D eigenvalue weighted by atomic mass is 15.5. The van der Waals surface area contributed by atoms with E-state index in [1.165, 1.54) is 11.1 Å². The molecule has 4 heteroatoms. The largest absolute Gasteiger partial charge is 0.256 e. The minimum Gasteiger partial charge on any atom is -0.256 e. The van der Waals surface area contributed by atoms with E-state index in [4.69, 9.17) is 0 Å². The fourth-order valence-corrected chi connectivity index (χ4v) is 3.62. The second kappa shape index (κ2) is 7.84. The van der Waals surface area contributed by atoms with Crippen LogP contribution in [0, 0.1) is 0 Å². The highest BCUT2D eigenvalue weighted by molar-refractivity contribution is 6.02. The summed E-state index contributed by atoms with van der Waals surface area (Å²) < 4.78 is 1.96. The maximum absolute atomic E-state index is 4.56. The molecule has 0 aliphatic carbocycles. The Balaban J connectivity index is 1.63. The highest BCUT2D eigenvalue weighted by Crippen LogP contribution is 2.31. The lowest BCUT2D eigenvalue weighted by Gasteiger charge is -2.25. The van der Waals surface area contributed by atoms with Gasteiger partial charge in [-0.25, -0.2) is 0 Å². The lowest BCUT2D eigenvalue weighted by Crippen LogP contribution is -2.19. The van der Waals surface area contributed by atoms with Gasteiger partial charge in [-0.2, -0.15) is 0 Å². The van der Waals surface area contributed by atoms with Crippen LogP contribution in [0.25, 0.3) is 11.3 Å². The summed E-state index contributed by atoms with van der Waals surface area (Å²) in [6.45, 7) is 14.2. The minimum atomic E-state index is 0.0724. The third kappa shape index (κ3) is 4.63.